The fraction of sp³-hybridized carbons (Fsp3) is 0.286. The van der Waals surface area contributed by atoms with Crippen LogP contribution in [-0.2, 0) is 7.05 Å². The number of ether oxygens (including phenoxy) is 1. The van der Waals surface area contributed by atoms with Gasteiger partial charge in [0.25, 0.3) is 0 Å². The zero-order valence-electron chi connectivity index (χ0n) is 11.4. The molecule has 0 saturated heterocycles. The summed E-state index contributed by atoms with van der Waals surface area (Å²) in [6.45, 7) is 3.84. The highest BCUT2D eigenvalue weighted by molar-refractivity contribution is 5.93. The van der Waals surface area contributed by atoms with E-state index in [1.807, 2.05) is 26.0 Å². The van der Waals surface area contributed by atoms with E-state index in [-0.39, 0.29) is 5.69 Å². The van der Waals surface area contributed by atoms with Crippen molar-refractivity contribution in [3.63, 3.8) is 0 Å². The van der Waals surface area contributed by atoms with Crippen molar-refractivity contribution >= 4 is 5.97 Å². The lowest BCUT2D eigenvalue weighted by Gasteiger charge is -2.10. The zero-order chi connectivity index (χ0) is 14.2. The molecule has 5 nitrogen and oxygen atoms in total. The van der Waals surface area contributed by atoms with Crippen LogP contribution in [-0.4, -0.2) is 27.7 Å². The highest BCUT2D eigenvalue weighted by Crippen LogP contribution is 2.31. The van der Waals surface area contributed by atoms with E-state index in [2.05, 4.69) is 4.98 Å². The van der Waals surface area contributed by atoms with E-state index in [1.54, 1.807) is 14.2 Å². The summed E-state index contributed by atoms with van der Waals surface area (Å²) in [6, 6.07) is 3.80. The maximum Gasteiger partial charge on any atom is 0.354 e. The Bertz CT molecular complexity index is 644. The number of rotatable bonds is 3. The summed E-state index contributed by atoms with van der Waals surface area (Å²) in [5.74, 6) is -0.197. The number of nitrogens with zero attached hydrogens (tertiary/aromatic N) is 2. The van der Waals surface area contributed by atoms with Gasteiger partial charge in [-0.25, -0.2) is 9.78 Å². The number of carbonyl (C=O) groups is 1. The molecule has 0 fully saturated rings. The fourth-order valence-corrected chi connectivity index (χ4v) is 2.14. The van der Waals surface area contributed by atoms with Gasteiger partial charge in [-0.05, 0) is 37.1 Å². The predicted molar refractivity (Wildman–Crippen MR) is 71.6 cm³/mol. The summed E-state index contributed by atoms with van der Waals surface area (Å²) >= 11 is 0. The van der Waals surface area contributed by atoms with Crippen LogP contribution in [0.2, 0.25) is 0 Å². The molecule has 0 aliphatic rings. The highest BCUT2D eigenvalue weighted by atomic mass is 16.5. The van der Waals surface area contributed by atoms with Crippen LogP contribution in [0.5, 0.6) is 5.75 Å². The van der Waals surface area contributed by atoms with Crippen LogP contribution >= 0.6 is 0 Å². The molecule has 0 spiro atoms. The third-order valence-corrected chi connectivity index (χ3v) is 3.14. The van der Waals surface area contributed by atoms with Gasteiger partial charge in [0.05, 0.1) is 13.4 Å². The normalized spacial score (nSPS) is 10.5. The molecular formula is C14H16N2O3. The van der Waals surface area contributed by atoms with E-state index in [0.717, 1.165) is 22.4 Å². The van der Waals surface area contributed by atoms with Crippen LogP contribution in [0.3, 0.4) is 0 Å². The molecule has 0 aliphatic heterocycles. The van der Waals surface area contributed by atoms with Crippen molar-refractivity contribution in [1.82, 2.24) is 9.55 Å². The Morgan fingerprint density at radius 3 is 2.58 bits per heavy atom. The lowest BCUT2D eigenvalue weighted by atomic mass is 10.0. The second kappa shape index (κ2) is 4.76. The smallest absolute Gasteiger partial charge is 0.354 e. The number of aromatic carboxylic acids is 1. The van der Waals surface area contributed by atoms with Crippen molar-refractivity contribution < 1.29 is 14.6 Å². The molecule has 1 N–H and O–H groups in total. The number of aromatic nitrogens is 2. The van der Waals surface area contributed by atoms with Gasteiger partial charge >= 0.3 is 5.97 Å². The van der Waals surface area contributed by atoms with E-state index in [0.29, 0.717) is 5.69 Å². The standard InChI is InChI=1S/C14H16N2O3/c1-8-6-11(19-4)9(2)5-10(8)12-13(14(17)18)16(3)7-15-12/h5-7H,1-4H3,(H,17,18). The minimum atomic E-state index is -0.983. The molecule has 0 radical (unpaired) electrons. The zero-order valence-corrected chi connectivity index (χ0v) is 11.4. The molecule has 0 amide bonds. The lowest BCUT2D eigenvalue weighted by Crippen LogP contribution is -2.06. The molecule has 100 valence electrons. The molecule has 0 bridgehead atoms. The molecule has 0 atom stereocenters. The lowest BCUT2D eigenvalue weighted by molar-refractivity contribution is 0.0687. The molecule has 1 aromatic heterocycles. The number of hydrogen-bond acceptors (Lipinski definition) is 3. The van der Waals surface area contributed by atoms with E-state index in [9.17, 15) is 9.90 Å². The number of hydrogen-bond donors (Lipinski definition) is 1. The van der Waals surface area contributed by atoms with Crippen LogP contribution in [0.25, 0.3) is 11.3 Å². The Morgan fingerprint density at radius 1 is 1.32 bits per heavy atom. The van der Waals surface area contributed by atoms with E-state index >= 15 is 0 Å². The second-order valence-corrected chi connectivity index (χ2v) is 4.49. The Kier molecular flexibility index (Phi) is 3.29. The van der Waals surface area contributed by atoms with Gasteiger partial charge in [-0.3, -0.25) is 0 Å². The summed E-state index contributed by atoms with van der Waals surface area (Å²) in [4.78, 5) is 15.5. The summed E-state index contributed by atoms with van der Waals surface area (Å²) < 4.78 is 6.77. The predicted octanol–water partition coefficient (Wildman–Crippen LogP) is 2.41. The van der Waals surface area contributed by atoms with Gasteiger partial charge in [-0.15, -0.1) is 0 Å². The van der Waals surface area contributed by atoms with E-state index in [1.165, 1.54) is 10.9 Å². The van der Waals surface area contributed by atoms with Crippen molar-refractivity contribution in [1.29, 1.82) is 0 Å². The summed E-state index contributed by atoms with van der Waals surface area (Å²) in [5, 5.41) is 9.27. The molecule has 2 aromatic rings. The van der Waals surface area contributed by atoms with Crippen LogP contribution in [0, 0.1) is 13.8 Å². The van der Waals surface area contributed by atoms with Gasteiger partial charge in [-0.2, -0.15) is 0 Å². The van der Waals surface area contributed by atoms with Gasteiger partial charge < -0.3 is 14.4 Å². The van der Waals surface area contributed by atoms with Crippen molar-refractivity contribution in [3.8, 4) is 17.0 Å². The maximum atomic E-state index is 11.3. The molecular weight excluding hydrogens is 244 g/mol. The number of carboxylic acids is 1. The molecule has 0 aliphatic carbocycles. The molecule has 1 aromatic carbocycles. The summed E-state index contributed by atoms with van der Waals surface area (Å²) in [7, 11) is 3.29. The van der Waals surface area contributed by atoms with Crippen molar-refractivity contribution in [2.24, 2.45) is 7.05 Å². The maximum absolute atomic E-state index is 11.3. The molecule has 0 unspecified atom stereocenters. The first-order valence-corrected chi connectivity index (χ1v) is 5.86. The average Bonchev–Trinajstić information content (AvgIpc) is 2.73. The first-order valence-electron chi connectivity index (χ1n) is 5.86. The van der Waals surface area contributed by atoms with Crippen LogP contribution < -0.4 is 4.74 Å². The number of carboxylic acid groups (broad SMARTS) is 1. The first-order chi connectivity index (χ1) is 8.95. The van der Waals surface area contributed by atoms with Crippen LogP contribution in [0.15, 0.2) is 18.5 Å². The number of methoxy groups -OCH3 is 1. The molecule has 19 heavy (non-hydrogen) atoms. The molecule has 5 heteroatoms. The highest BCUT2D eigenvalue weighted by Gasteiger charge is 2.19. The summed E-state index contributed by atoms with van der Waals surface area (Å²) in [5.41, 5.74) is 3.37. The fourth-order valence-electron chi connectivity index (χ4n) is 2.14. The van der Waals surface area contributed by atoms with Gasteiger partial charge in [0.15, 0.2) is 5.69 Å². The van der Waals surface area contributed by atoms with Crippen LogP contribution in [0.1, 0.15) is 21.6 Å². The largest absolute Gasteiger partial charge is 0.496 e. The average molecular weight is 260 g/mol. The van der Waals surface area contributed by atoms with Crippen LogP contribution in [0.4, 0.5) is 0 Å². The third-order valence-electron chi connectivity index (χ3n) is 3.14. The SMILES string of the molecule is COc1cc(C)c(-c2ncn(C)c2C(=O)O)cc1C. The van der Waals surface area contributed by atoms with Gasteiger partial charge in [-0.1, -0.05) is 0 Å². The molecule has 1 heterocycles. The Balaban J connectivity index is 2.66. The number of aryl methyl sites for hydroxylation is 3. The van der Waals surface area contributed by atoms with Gasteiger partial charge in [0.2, 0.25) is 0 Å². The molecule has 0 saturated carbocycles. The number of benzene rings is 1. The van der Waals surface area contributed by atoms with Crippen molar-refractivity contribution in [3.05, 3.63) is 35.3 Å². The van der Waals surface area contributed by atoms with Gasteiger partial charge in [0.1, 0.15) is 11.4 Å². The minimum absolute atomic E-state index is 0.188. The second-order valence-electron chi connectivity index (χ2n) is 4.49. The monoisotopic (exact) mass is 260 g/mol. The Hall–Kier alpha value is -2.30. The Labute approximate surface area is 111 Å². The Morgan fingerprint density at radius 2 is 2.00 bits per heavy atom. The molecule has 2 rings (SSSR count). The minimum Gasteiger partial charge on any atom is -0.496 e. The van der Waals surface area contributed by atoms with Gasteiger partial charge in [0, 0.05) is 12.6 Å². The number of imidazole rings is 1. The van der Waals surface area contributed by atoms with E-state index < -0.39 is 5.97 Å². The topological polar surface area (TPSA) is 64.4 Å². The summed E-state index contributed by atoms with van der Waals surface area (Å²) in [6.07, 6.45) is 1.51. The quantitative estimate of drug-likeness (QED) is 0.920. The van der Waals surface area contributed by atoms with E-state index in [4.69, 9.17) is 4.74 Å². The van der Waals surface area contributed by atoms with Crippen molar-refractivity contribution in [2.45, 2.75) is 13.8 Å². The first kappa shape index (κ1) is 13.1. The van der Waals surface area contributed by atoms with Crippen molar-refractivity contribution in [2.75, 3.05) is 7.11 Å². The third kappa shape index (κ3) is 2.19.